The molecule has 2 aliphatic rings. The summed E-state index contributed by atoms with van der Waals surface area (Å²) in [5.41, 5.74) is 0.0356. The smallest absolute Gasteiger partial charge is 0.139 e. The molecular formula is C14H25NO. The topological polar surface area (TPSA) is 29.1 Å². The molecule has 0 spiro atoms. The predicted molar refractivity (Wildman–Crippen MR) is 66.4 cm³/mol. The molecule has 1 saturated carbocycles. The van der Waals surface area contributed by atoms with E-state index < -0.39 is 0 Å². The SMILES string of the molecule is CCC1(C(=O)CC2CCCC2)CCNCC1. The van der Waals surface area contributed by atoms with Crippen molar-refractivity contribution < 1.29 is 4.79 Å². The van der Waals surface area contributed by atoms with Crippen molar-refractivity contribution in [2.24, 2.45) is 11.3 Å². The minimum absolute atomic E-state index is 0.0356. The van der Waals surface area contributed by atoms with Crippen LogP contribution in [0, 0.1) is 11.3 Å². The number of rotatable bonds is 4. The molecule has 0 amide bonds. The summed E-state index contributed by atoms with van der Waals surface area (Å²) in [5, 5.41) is 3.37. The number of carbonyl (C=O) groups is 1. The van der Waals surface area contributed by atoms with Crippen molar-refractivity contribution in [3.8, 4) is 0 Å². The standard InChI is InChI=1S/C14H25NO/c1-2-14(7-9-15-10-8-14)13(16)11-12-5-3-4-6-12/h12,15H,2-11H2,1H3. The average Bonchev–Trinajstić information content (AvgIpc) is 2.82. The van der Waals surface area contributed by atoms with Crippen molar-refractivity contribution in [1.29, 1.82) is 0 Å². The van der Waals surface area contributed by atoms with E-state index in [-0.39, 0.29) is 5.41 Å². The third-order valence-corrected chi connectivity index (χ3v) is 4.78. The molecule has 2 heteroatoms. The van der Waals surface area contributed by atoms with Crippen LogP contribution >= 0.6 is 0 Å². The number of ketones is 1. The molecule has 92 valence electrons. The van der Waals surface area contributed by atoms with Crippen molar-refractivity contribution in [1.82, 2.24) is 5.32 Å². The van der Waals surface area contributed by atoms with E-state index in [1.807, 2.05) is 0 Å². The van der Waals surface area contributed by atoms with Gasteiger partial charge in [-0.3, -0.25) is 4.79 Å². The van der Waals surface area contributed by atoms with Crippen LogP contribution in [0.4, 0.5) is 0 Å². The average molecular weight is 223 g/mol. The molecule has 1 N–H and O–H groups in total. The van der Waals surface area contributed by atoms with E-state index >= 15 is 0 Å². The summed E-state index contributed by atoms with van der Waals surface area (Å²) < 4.78 is 0. The molecule has 1 aliphatic carbocycles. The van der Waals surface area contributed by atoms with Gasteiger partial charge in [-0.15, -0.1) is 0 Å². The van der Waals surface area contributed by atoms with Gasteiger partial charge in [0, 0.05) is 11.8 Å². The van der Waals surface area contributed by atoms with Gasteiger partial charge in [0.2, 0.25) is 0 Å². The maximum Gasteiger partial charge on any atom is 0.139 e. The summed E-state index contributed by atoms with van der Waals surface area (Å²) in [7, 11) is 0. The Balaban J connectivity index is 1.94. The number of hydrogen-bond acceptors (Lipinski definition) is 2. The maximum atomic E-state index is 12.5. The minimum Gasteiger partial charge on any atom is -0.317 e. The largest absolute Gasteiger partial charge is 0.317 e. The lowest BCUT2D eigenvalue weighted by Gasteiger charge is -2.36. The van der Waals surface area contributed by atoms with E-state index in [9.17, 15) is 4.79 Å². The molecule has 0 atom stereocenters. The third kappa shape index (κ3) is 2.48. The van der Waals surface area contributed by atoms with E-state index in [1.165, 1.54) is 25.7 Å². The highest BCUT2D eigenvalue weighted by Crippen LogP contribution is 2.38. The second-order valence-electron chi connectivity index (χ2n) is 5.66. The molecule has 1 saturated heterocycles. The lowest BCUT2D eigenvalue weighted by Crippen LogP contribution is -2.42. The Hall–Kier alpha value is -0.370. The number of piperidine rings is 1. The van der Waals surface area contributed by atoms with Gasteiger partial charge in [-0.05, 0) is 38.3 Å². The highest BCUT2D eigenvalue weighted by atomic mass is 16.1. The summed E-state index contributed by atoms with van der Waals surface area (Å²) in [6.45, 7) is 4.26. The number of carbonyl (C=O) groups excluding carboxylic acids is 1. The van der Waals surface area contributed by atoms with Gasteiger partial charge in [-0.25, -0.2) is 0 Å². The summed E-state index contributed by atoms with van der Waals surface area (Å²) >= 11 is 0. The van der Waals surface area contributed by atoms with Crippen LogP contribution in [-0.4, -0.2) is 18.9 Å². The van der Waals surface area contributed by atoms with Crippen LogP contribution < -0.4 is 5.32 Å². The first-order chi connectivity index (χ1) is 7.77. The fourth-order valence-corrected chi connectivity index (χ4v) is 3.43. The number of hydrogen-bond donors (Lipinski definition) is 1. The zero-order valence-electron chi connectivity index (χ0n) is 10.6. The molecule has 2 rings (SSSR count). The highest BCUT2D eigenvalue weighted by Gasteiger charge is 2.38. The van der Waals surface area contributed by atoms with Crippen LogP contribution in [0.2, 0.25) is 0 Å². The van der Waals surface area contributed by atoms with Crippen molar-refractivity contribution in [2.45, 2.75) is 58.3 Å². The molecule has 0 unspecified atom stereocenters. The first-order valence-corrected chi connectivity index (χ1v) is 7.01. The Bertz CT molecular complexity index is 237. The van der Waals surface area contributed by atoms with Crippen molar-refractivity contribution >= 4 is 5.78 Å². The first-order valence-electron chi connectivity index (χ1n) is 7.01. The summed E-state index contributed by atoms with van der Waals surface area (Å²) in [4.78, 5) is 12.5. The predicted octanol–water partition coefficient (Wildman–Crippen LogP) is 2.92. The van der Waals surface area contributed by atoms with Gasteiger partial charge in [0.05, 0.1) is 0 Å². The van der Waals surface area contributed by atoms with Gasteiger partial charge >= 0.3 is 0 Å². The van der Waals surface area contributed by atoms with Crippen LogP contribution in [0.15, 0.2) is 0 Å². The monoisotopic (exact) mass is 223 g/mol. The maximum absolute atomic E-state index is 12.5. The molecule has 2 fully saturated rings. The second kappa shape index (κ2) is 5.31. The fourth-order valence-electron chi connectivity index (χ4n) is 3.43. The van der Waals surface area contributed by atoms with Gasteiger partial charge < -0.3 is 5.32 Å². The van der Waals surface area contributed by atoms with Crippen LogP contribution in [0.1, 0.15) is 58.3 Å². The van der Waals surface area contributed by atoms with Gasteiger partial charge in [-0.2, -0.15) is 0 Å². The molecule has 0 aromatic heterocycles. The number of nitrogens with one attached hydrogen (secondary N) is 1. The Morgan fingerprint density at radius 1 is 1.25 bits per heavy atom. The van der Waals surface area contributed by atoms with Crippen LogP contribution in [0.25, 0.3) is 0 Å². The highest BCUT2D eigenvalue weighted by molar-refractivity contribution is 5.85. The molecule has 0 radical (unpaired) electrons. The van der Waals surface area contributed by atoms with Crippen molar-refractivity contribution in [2.75, 3.05) is 13.1 Å². The van der Waals surface area contributed by atoms with Crippen LogP contribution in [0.5, 0.6) is 0 Å². The third-order valence-electron chi connectivity index (χ3n) is 4.78. The molecule has 1 heterocycles. The van der Waals surface area contributed by atoms with Crippen molar-refractivity contribution in [3.05, 3.63) is 0 Å². The van der Waals surface area contributed by atoms with E-state index in [1.54, 1.807) is 0 Å². The molecule has 16 heavy (non-hydrogen) atoms. The van der Waals surface area contributed by atoms with Gasteiger partial charge in [0.15, 0.2) is 0 Å². The zero-order chi connectivity index (χ0) is 11.4. The van der Waals surface area contributed by atoms with E-state index in [2.05, 4.69) is 12.2 Å². The molecular weight excluding hydrogens is 198 g/mol. The van der Waals surface area contributed by atoms with E-state index in [0.29, 0.717) is 11.7 Å². The Labute approximate surface area is 99.2 Å². The van der Waals surface area contributed by atoms with Gasteiger partial charge in [0.25, 0.3) is 0 Å². The zero-order valence-corrected chi connectivity index (χ0v) is 10.6. The Morgan fingerprint density at radius 3 is 2.44 bits per heavy atom. The quantitative estimate of drug-likeness (QED) is 0.794. The summed E-state index contributed by atoms with van der Waals surface area (Å²) in [5.74, 6) is 1.29. The lowest BCUT2D eigenvalue weighted by molar-refractivity contribution is -0.131. The first kappa shape index (κ1) is 12.1. The normalized spacial score (nSPS) is 25.8. The molecule has 0 aromatic carbocycles. The Kier molecular flexibility index (Phi) is 4.01. The summed E-state index contributed by atoms with van der Waals surface area (Å²) in [6.07, 6.45) is 9.32. The summed E-state index contributed by atoms with van der Waals surface area (Å²) in [6, 6.07) is 0. The second-order valence-corrected chi connectivity index (χ2v) is 5.66. The lowest BCUT2D eigenvalue weighted by atomic mass is 9.71. The molecule has 0 aromatic rings. The number of Topliss-reactive ketones (excluding diaryl/α,β-unsaturated/α-hetero) is 1. The van der Waals surface area contributed by atoms with Crippen LogP contribution in [-0.2, 0) is 4.79 Å². The minimum atomic E-state index is 0.0356. The molecule has 2 nitrogen and oxygen atoms in total. The van der Waals surface area contributed by atoms with Crippen molar-refractivity contribution in [3.63, 3.8) is 0 Å². The van der Waals surface area contributed by atoms with Crippen LogP contribution in [0.3, 0.4) is 0 Å². The van der Waals surface area contributed by atoms with Gasteiger partial charge in [-0.1, -0.05) is 32.6 Å². The van der Waals surface area contributed by atoms with E-state index in [0.717, 1.165) is 38.8 Å². The Morgan fingerprint density at radius 2 is 1.88 bits per heavy atom. The van der Waals surface area contributed by atoms with E-state index in [4.69, 9.17) is 0 Å². The van der Waals surface area contributed by atoms with Gasteiger partial charge in [0.1, 0.15) is 5.78 Å². The molecule has 0 bridgehead atoms. The fraction of sp³-hybridized carbons (Fsp3) is 0.929. The molecule has 1 aliphatic heterocycles.